The lowest BCUT2D eigenvalue weighted by molar-refractivity contribution is 0.491. The van der Waals surface area contributed by atoms with Crippen LogP contribution in [0.25, 0.3) is 0 Å². The number of thiocarbonyl (C=S) groups is 1. The van der Waals surface area contributed by atoms with Crippen LogP contribution in [0.15, 0.2) is 0 Å². The fourth-order valence-electron chi connectivity index (χ4n) is 0.877. The van der Waals surface area contributed by atoms with E-state index in [0.29, 0.717) is 10.9 Å². The minimum Gasteiger partial charge on any atom is -0.370 e. The maximum absolute atomic E-state index is 11.5. The highest BCUT2D eigenvalue weighted by Crippen LogP contribution is 2.02. The Morgan fingerprint density at radius 2 is 1.93 bits per heavy atom. The molecule has 90 valence electrons. The lowest BCUT2D eigenvalue weighted by Crippen LogP contribution is -2.43. The van der Waals surface area contributed by atoms with Gasteiger partial charge in [-0.3, -0.25) is 0 Å². The van der Waals surface area contributed by atoms with Crippen LogP contribution >= 0.6 is 24.0 Å². The smallest absolute Gasteiger partial charge is 0.213 e. The third-order valence-corrected chi connectivity index (χ3v) is 4.11. The van der Waals surface area contributed by atoms with Gasteiger partial charge in [-0.15, -0.1) is 11.8 Å². The quantitative estimate of drug-likeness (QED) is 0.745. The second-order valence-electron chi connectivity index (χ2n) is 4.09. The predicted molar refractivity (Wildman–Crippen MR) is 70.8 cm³/mol. The molecule has 7 heteroatoms. The number of nitrogens with one attached hydrogen (secondary N) is 2. The van der Waals surface area contributed by atoms with Crippen LogP contribution in [0.1, 0.15) is 20.8 Å². The first-order valence-electron chi connectivity index (χ1n) is 4.50. The number of thioether (sulfide) groups is 1. The average molecular weight is 270 g/mol. The summed E-state index contributed by atoms with van der Waals surface area (Å²) in [5, 5.41) is 2.85. The van der Waals surface area contributed by atoms with Gasteiger partial charge in [-0.05, 0) is 27.0 Å². The molecule has 0 saturated carbocycles. The van der Waals surface area contributed by atoms with Crippen molar-refractivity contribution in [2.45, 2.75) is 26.3 Å². The lowest BCUT2D eigenvalue weighted by atomic mass is 10.1. The van der Waals surface area contributed by atoms with Crippen LogP contribution in [0, 0.1) is 0 Å². The number of hydrogen-bond donors (Lipinski definition) is 2. The Morgan fingerprint density at radius 1 is 1.40 bits per heavy atom. The molecule has 0 aromatic rings. The van der Waals surface area contributed by atoms with Crippen molar-refractivity contribution in [3.05, 3.63) is 0 Å². The summed E-state index contributed by atoms with van der Waals surface area (Å²) in [7, 11) is -3.22. The zero-order valence-electron chi connectivity index (χ0n) is 9.46. The van der Waals surface area contributed by atoms with Crippen molar-refractivity contribution in [1.29, 1.82) is 0 Å². The molecular weight excluding hydrogens is 252 g/mol. The van der Waals surface area contributed by atoms with Crippen LogP contribution in [0.3, 0.4) is 0 Å². The summed E-state index contributed by atoms with van der Waals surface area (Å²) in [6, 6.07) is 0. The van der Waals surface area contributed by atoms with E-state index >= 15 is 0 Å². The van der Waals surface area contributed by atoms with Crippen molar-refractivity contribution in [3.8, 4) is 0 Å². The summed E-state index contributed by atoms with van der Waals surface area (Å²) in [5.74, 6) is 0.0327. The first-order valence-corrected chi connectivity index (χ1v) is 7.78. The van der Waals surface area contributed by atoms with Gasteiger partial charge < -0.3 is 5.32 Å². The van der Waals surface area contributed by atoms with E-state index in [1.807, 2.05) is 27.0 Å². The highest BCUT2D eigenvalue weighted by molar-refractivity contribution is 8.22. The molecule has 0 fully saturated rings. The minimum absolute atomic E-state index is 0.0327. The maximum Gasteiger partial charge on any atom is 0.213 e. The Morgan fingerprint density at radius 3 is 2.33 bits per heavy atom. The van der Waals surface area contributed by atoms with E-state index in [9.17, 15) is 8.42 Å². The second-order valence-corrected chi connectivity index (χ2v) is 7.41. The highest BCUT2D eigenvalue weighted by atomic mass is 32.2. The van der Waals surface area contributed by atoms with E-state index < -0.39 is 15.6 Å². The first-order chi connectivity index (χ1) is 6.66. The van der Waals surface area contributed by atoms with E-state index in [1.165, 1.54) is 11.8 Å². The Bertz CT molecular complexity index is 306. The van der Waals surface area contributed by atoms with Gasteiger partial charge in [0.05, 0.1) is 5.75 Å². The van der Waals surface area contributed by atoms with Gasteiger partial charge in [-0.25, -0.2) is 13.1 Å². The van der Waals surface area contributed by atoms with Gasteiger partial charge in [-0.1, -0.05) is 12.2 Å². The molecule has 0 rings (SSSR count). The Labute approximate surface area is 102 Å². The largest absolute Gasteiger partial charge is 0.370 e. The van der Waals surface area contributed by atoms with Gasteiger partial charge in [0.15, 0.2) is 0 Å². The Hall–Kier alpha value is 0.150. The predicted octanol–water partition coefficient (Wildman–Crippen LogP) is 0.942. The third kappa shape index (κ3) is 9.10. The molecule has 0 atom stereocenters. The molecule has 0 saturated heterocycles. The number of hydrogen-bond acceptors (Lipinski definition) is 4. The molecule has 2 N–H and O–H groups in total. The molecule has 0 aliphatic rings. The lowest BCUT2D eigenvalue weighted by Gasteiger charge is -2.20. The van der Waals surface area contributed by atoms with Crippen molar-refractivity contribution >= 4 is 38.3 Å². The standard InChI is InChI=1S/C8H18N2O2S3/c1-8(2,3)10-15(11,12)6-5-9-7(13)14-4/h10H,5-6H2,1-4H3,(H,9,13). The van der Waals surface area contributed by atoms with E-state index in [1.54, 1.807) is 0 Å². The van der Waals surface area contributed by atoms with Crippen LogP contribution in [-0.2, 0) is 10.0 Å². The van der Waals surface area contributed by atoms with Crippen molar-refractivity contribution in [2.24, 2.45) is 0 Å². The summed E-state index contributed by atoms with van der Waals surface area (Å²) in [5.41, 5.74) is -0.432. The molecule has 0 heterocycles. The minimum atomic E-state index is -3.22. The first kappa shape index (κ1) is 15.2. The van der Waals surface area contributed by atoms with Crippen molar-refractivity contribution in [3.63, 3.8) is 0 Å². The van der Waals surface area contributed by atoms with Crippen molar-refractivity contribution in [1.82, 2.24) is 10.0 Å². The van der Waals surface area contributed by atoms with Crippen LogP contribution in [0.4, 0.5) is 0 Å². The molecule has 0 aromatic carbocycles. The van der Waals surface area contributed by atoms with Gasteiger partial charge in [0.2, 0.25) is 10.0 Å². The van der Waals surface area contributed by atoms with E-state index in [-0.39, 0.29) is 5.75 Å². The van der Waals surface area contributed by atoms with Gasteiger partial charge in [0, 0.05) is 12.1 Å². The second kappa shape index (κ2) is 6.03. The van der Waals surface area contributed by atoms with E-state index in [4.69, 9.17) is 12.2 Å². The van der Waals surface area contributed by atoms with Crippen LogP contribution < -0.4 is 10.0 Å². The molecule has 0 aromatic heterocycles. The summed E-state index contributed by atoms with van der Waals surface area (Å²) in [6.45, 7) is 5.77. The normalized spacial score (nSPS) is 12.5. The third-order valence-electron chi connectivity index (χ3n) is 1.29. The molecule has 0 bridgehead atoms. The Kier molecular flexibility index (Phi) is 6.09. The van der Waals surface area contributed by atoms with Crippen LogP contribution in [0.2, 0.25) is 0 Å². The monoisotopic (exact) mass is 270 g/mol. The molecule has 0 amide bonds. The topological polar surface area (TPSA) is 58.2 Å². The van der Waals surface area contributed by atoms with Crippen molar-refractivity contribution < 1.29 is 8.42 Å². The van der Waals surface area contributed by atoms with E-state index in [2.05, 4.69) is 10.0 Å². The van der Waals surface area contributed by atoms with Crippen LogP contribution in [-0.4, -0.2) is 36.8 Å². The average Bonchev–Trinajstić information content (AvgIpc) is 1.98. The van der Waals surface area contributed by atoms with E-state index in [0.717, 1.165) is 0 Å². The maximum atomic E-state index is 11.5. The molecule has 0 unspecified atom stereocenters. The summed E-state index contributed by atoms with van der Waals surface area (Å²) in [6.07, 6.45) is 1.84. The highest BCUT2D eigenvalue weighted by Gasteiger charge is 2.19. The summed E-state index contributed by atoms with van der Waals surface area (Å²) >= 11 is 6.28. The van der Waals surface area contributed by atoms with Gasteiger partial charge >= 0.3 is 0 Å². The van der Waals surface area contributed by atoms with Gasteiger partial charge in [-0.2, -0.15) is 0 Å². The molecule has 4 nitrogen and oxygen atoms in total. The summed E-state index contributed by atoms with van der Waals surface area (Å²) < 4.78 is 26.2. The number of rotatable bonds is 4. The molecule has 0 radical (unpaired) electrons. The fourth-order valence-corrected chi connectivity index (χ4v) is 2.63. The van der Waals surface area contributed by atoms with Crippen molar-refractivity contribution in [2.75, 3.05) is 18.6 Å². The molecule has 0 aliphatic carbocycles. The molecule has 0 spiro atoms. The van der Waals surface area contributed by atoms with Gasteiger partial charge in [0.25, 0.3) is 0 Å². The zero-order chi connectivity index (χ0) is 12.1. The SMILES string of the molecule is CSC(=S)NCCS(=O)(=O)NC(C)(C)C. The molecular formula is C8H18N2O2S3. The van der Waals surface area contributed by atoms with Gasteiger partial charge in [0.1, 0.15) is 4.32 Å². The van der Waals surface area contributed by atoms with Crippen LogP contribution in [0.5, 0.6) is 0 Å². The zero-order valence-corrected chi connectivity index (χ0v) is 11.9. The summed E-state index contributed by atoms with van der Waals surface area (Å²) in [4.78, 5) is 0. The Balaban J connectivity index is 4.01. The number of sulfonamides is 1. The molecule has 0 aliphatic heterocycles. The fraction of sp³-hybridized carbons (Fsp3) is 0.875. The molecule has 15 heavy (non-hydrogen) atoms.